The number of carbonyl (C=O) groups excluding carboxylic acids is 1. The van der Waals surface area contributed by atoms with Gasteiger partial charge in [-0.1, -0.05) is 53.7 Å². The molecule has 3 rings (SSSR count). The average Bonchev–Trinajstić information content (AvgIpc) is 2.81. The molecule has 1 saturated heterocycles. The maximum atomic E-state index is 13.7. The molecule has 1 N–H and O–H groups in total. The second-order valence-corrected chi connectivity index (χ2v) is 12.9. The van der Waals surface area contributed by atoms with Gasteiger partial charge in [0.15, 0.2) is 0 Å². The molecule has 36 heavy (non-hydrogen) atoms. The molecule has 1 heterocycles. The van der Waals surface area contributed by atoms with Gasteiger partial charge in [-0.2, -0.15) is 5.26 Å². The van der Waals surface area contributed by atoms with Crippen LogP contribution < -0.4 is 0 Å². The van der Waals surface area contributed by atoms with Crippen LogP contribution in [0, 0.1) is 11.3 Å². The van der Waals surface area contributed by atoms with Gasteiger partial charge < -0.3 is 14.7 Å². The second-order valence-electron chi connectivity index (χ2n) is 11.0. The number of ether oxygens (including phenoxy) is 1. The molecule has 0 saturated carbocycles. The Morgan fingerprint density at radius 3 is 2.06 bits per heavy atom. The number of nitrogens with zero attached hydrogens (tertiary/aromatic N) is 2. The van der Waals surface area contributed by atoms with Crippen molar-refractivity contribution < 1.29 is 23.1 Å². The molecule has 2 aromatic carbocycles. The normalized spacial score (nSPS) is 15.5. The summed E-state index contributed by atoms with van der Waals surface area (Å²) >= 11 is 0. The minimum Gasteiger partial charge on any atom is -0.507 e. The van der Waals surface area contributed by atoms with Crippen LogP contribution >= 0.6 is 0 Å². The van der Waals surface area contributed by atoms with Gasteiger partial charge in [0, 0.05) is 24.2 Å². The van der Waals surface area contributed by atoms with Crippen molar-refractivity contribution >= 4 is 21.8 Å². The van der Waals surface area contributed by atoms with Gasteiger partial charge in [0.1, 0.15) is 16.7 Å². The van der Waals surface area contributed by atoms with E-state index in [1.165, 1.54) is 24.3 Å². The van der Waals surface area contributed by atoms with Crippen molar-refractivity contribution in [3.05, 3.63) is 63.6 Å². The predicted octanol–water partition coefficient (Wildman–Crippen LogP) is 4.80. The Hall–Kier alpha value is -3.15. The molecule has 0 radical (unpaired) electrons. The van der Waals surface area contributed by atoms with Crippen molar-refractivity contribution in [2.75, 3.05) is 26.3 Å². The van der Waals surface area contributed by atoms with E-state index in [0.29, 0.717) is 43.0 Å². The van der Waals surface area contributed by atoms with Crippen LogP contribution in [-0.4, -0.2) is 50.6 Å². The Morgan fingerprint density at radius 1 is 1.03 bits per heavy atom. The third-order valence-corrected chi connectivity index (χ3v) is 7.87. The lowest BCUT2D eigenvalue weighted by molar-refractivity contribution is 0.0300. The quantitative estimate of drug-likeness (QED) is 0.592. The summed E-state index contributed by atoms with van der Waals surface area (Å²) in [4.78, 5) is 14.0. The van der Waals surface area contributed by atoms with Gasteiger partial charge in [-0.25, -0.2) is 8.42 Å². The monoisotopic (exact) mass is 510 g/mol. The number of carbonyl (C=O) groups is 1. The van der Waals surface area contributed by atoms with Gasteiger partial charge in [0.25, 0.3) is 5.91 Å². The molecular formula is C28H34N2O5S. The molecule has 0 unspecified atom stereocenters. The van der Waals surface area contributed by atoms with Crippen molar-refractivity contribution in [2.24, 2.45) is 0 Å². The first-order valence-corrected chi connectivity index (χ1v) is 13.4. The third-order valence-electron chi connectivity index (χ3n) is 6.15. The first-order chi connectivity index (χ1) is 16.7. The molecule has 8 heteroatoms. The lowest BCUT2D eigenvalue weighted by atomic mass is 9.78. The molecule has 192 valence electrons. The summed E-state index contributed by atoms with van der Waals surface area (Å²) in [5.74, 6) is -0.251. The largest absolute Gasteiger partial charge is 0.507 e. The molecule has 0 spiro atoms. The van der Waals surface area contributed by atoms with E-state index >= 15 is 0 Å². The van der Waals surface area contributed by atoms with E-state index in [1.807, 2.05) is 47.6 Å². The number of morpholine rings is 1. The number of rotatable bonds is 4. The van der Waals surface area contributed by atoms with Crippen molar-refractivity contribution in [3.8, 4) is 11.8 Å². The number of benzene rings is 2. The Morgan fingerprint density at radius 2 is 1.56 bits per heavy atom. The molecule has 7 nitrogen and oxygen atoms in total. The van der Waals surface area contributed by atoms with Gasteiger partial charge in [0.05, 0.1) is 23.7 Å². The van der Waals surface area contributed by atoms with Crippen molar-refractivity contribution in [2.45, 2.75) is 57.3 Å². The molecule has 0 bridgehead atoms. The summed E-state index contributed by atoms with van der Waals surface area (Å²) in [6, 6.07) is 11.2. The van der Waals surface area contributed by atoms with E-state index in [9.17, 15) is 23.6 Å². The van der Waals surface area contributed by atoms with Crippen molar-refractivity contribution in [1.82, 2.24) is 4.90 Å². The highest BCUT2D eigenvalue weighted by Crippen LogP contribution is 2.40. The van der Waals surface area contributed by atoms with Crippen molar-refractivity contribution in [1.29, 1.82) is 5.26 Å². The molecule has 0 aliphatic carbocycles. The molecule has 2 aromatic rings. The number of nitriles is 1. The van der Waals surface area contributed by atoms with E-state index in [4.69, 9.17) is 4.74 Å². The number of phenolic OH excluding ortho intramolecular Hbond substituents is 1. The van der Waals surface area contributed by atoms with E-state index in [2.05, 4.69) is 0 Å². The topological polar surface area (TPSA) is 108 Å². The van der Waals surface area contributed by atoms with Gasteiger partial charge in [-0.15, -0.1) is 0 Å². The smallest absolute Gasteiger partial charge is 0.255 e. The summed E-state index contributed by atoms with van der Waals surface area (Å²) in [6.07, 6.45) is 1.31. The van der Waals surface area contributed by atoms with E-state index in [0.717, 1.165) is 0 Å². The number of hydrogen-bond donors (Lipinski definition) is 1. The predicted molar refractivity (Wildman–Crippen MR) is 139 cm³/mol. The molecule has 0 aromatic heterocycles. The SMILES string of the molecule is CC(C)(C)c1cc(C=C(C#N)S(=O)(=O)c2ccccc2C(=O)N2CCOCC2)cc(C(C)(C)C)c1O. The van der Waals surface area contributed by atoms with Crippen LogP contribution in [0.4, 0.5) is 0 Å². The first-order valence-electron chi connectivity index (χ1n) is 11.9. The summed E-state index contributed by atoms with van der Waals surface area (Å²) in [6.45, 7) is 13.2. The van der Waals surface area contributed by atoms with Gasteiger partial charge >= 0.3 is 0 Å². The lowest BCUT2D eigenvalue weighted by Gasteiger charge is -2.28. The number of phenols is 1. The Balaban J connectivity index is 2.16. The number of sulfone groups is 1. The maximum absolute atomic E-state index is 13.7. The van der Waals surface area contributed by atoms with E-state index in [-0.39, 0.29) is 16.2 Å². The molecule has 1 aliphatic rings. The fraction of sp³-hybridized carbons (Fsp3) is 0.429. The van der Waals surface area contributed by atoms with Crippen LogP contribution in [0.5, 0.6) is 5.75 Å². The highest BCUT2D eigenvalue weighted by Gasteiger charge is 2.30. The van der Waals surface area contributed by atoms with E-state index in [1.54, 1.807) is 23.1 Å². The van der Waals surface area contributed by atoms with Crippen LogP contribution in [0.1, 0.15) is 68.6 Å². The molecule has 1 amide bonds. The number of hydrogen-bond acceptors (Lipinski definition) is 6. The molecule has 1 fully saturated rings. The number of amides is 1. The summed E-state index contributed by atoms with van der Waals surface area (Å²) in [5.41, 5.74) is 0.974. The highest BCUT2D eigenvalue weighted by molar-refractivity contribution is 7.95. The van der Waals surface area contributed by atoms with Gasteiger partial charge in [-0.05, 0) is 46.7 Å². The fourth-order valence-electron chi connectivity index (χ4n) is 4.14. The van der Waals surface area contributed by atoms with Gasteiger partial charge in [-0.3, -0.25) is 4.79 Å². The highest BCUT2D eigenvalue weighted by atomic mass is 32.2. The second kappa shape index (κ2) is 10.1. The number of aromatic hydroxyl groups is 1. The zero-order valence-electron chi connectivity index (χ0n) is 21.8. The van der Waals surface area contributed by atoms with Crippen LogP contribution in [-0.2, 0) is 25.4 Å². The van der Waals surface area contributed by atoms with Gasteiger partial charge in [0.2, 0.25) is 9.84 Å². The first kappa shape index (κ1) is 27.4. The van der Waals surface area contributed by atoms with Crippen LogP contribution in [0.2, 0.25) is 0 Å². The van der Waals surface area contributed by atoms with E-state index < -0.39 is 31.5 Å². The van der Waals surface area contributed by atoms with Crippen LogP contribution in [0.25, 0.3) is 6.08 Å². The maximum Gasteiger partial charge on any atom is 0.255 e. The van der Waals surface area contributed by atoms with Crippen molar-refractivity contribution in [3.63, 3.8) is 0 Å². The zero-order chi connectivity index (χ0) is 26.9. The number of allylic oxidation sites excluding steroid dienone is 1. The zero-order valence-corrected chi connectivity index (χ0v) is 22.6. The minimum atomic E-state index is -4.31. The minimum absolute atomic E-state index is 0.0250. The Kier molecular flexibility index (Phi) is 7.68. The van der Waals surface area contributed by atoms with Crippen LogP contribution in [0.15, 0.2) is 46.2 Å². The third kappa shape index (κ3) is 5.63. The summed E-state index contributed by atoms with van der Waals surface area (Å²) < 4.78 is 32.6. The standard InChI is InChI=1S/C28H34N2O5S/c1-27(2,3)22-16-19(17-23(25(22)31)28(4,5)6)15-20(18-29)36(33,34)24-10-8-7-9-21(24)26(32)30-11-13-35-14-12-30/h7-10,15-17,31H,11-14H2,1-6H3. The lowest BCUT2D eigenvalue weighted by Crippen LogP contribution is -2.41. The molecular weight excluding hydrogens is 476 g/mol. The van der Waals surface area contributed by atoms with Crippen LogP contribution in [0.3, 0.4) is 0 Å². The molecule has 0 atom stereocenters. The summed E-state index contributed by atoms with van der Waals surface area (Å²) in [7, 11) is -4.31. The molecule has 1 aliphatic heterocycles. The Labute approximate surface area is 213 Å². The fourth-order valence-corrected chi connectivity index (χ4v) is 5.49. The average molecular weight is 511 g/mol. The summed E-state index contributed by atoms with van der Waals surface area (Å²) in [5, 5.41) is 20.9. The Bertz CT molecular complexity index is 1300.